The predicted octanol–water partition coefficient (Wildman–Crippen LogP) is 1.68. The van der Waals surface area contributed by atoms with E-state index in [-0.39, 0.29) is 0 Å². The quantitative estimate of drug-likeness (QED) is 0.769. The Labute approximate surface area is 98.3 Å². The summed E-state index contributed by atoms with van der Waals surface area (Å²) in [5.74, 6) is 0. The third kappa shape index (κ3) is 4.64. The van der Waals surface area contributed by atoms with E-state index in [0.717, 1.165) is 38.2 Å². The number of ether oxygens (including phenoxy) is 1. The fraction of sp³-hybridized carbons (Fsp3) is 0.538. The molecule has 0 aromatic rings. The first kappa shape index (κ1) is 13.0. The van der Waals surface area contributed by atoms with Gasteiger partial charge in [-0.25, -0.2) is 0 Å². The monoisotopic (exact) mass is 222 g/mol. The van der Waals surface area contributed by atoms with Gasteiger partial charge in [-0.3, -0.25) is 4.90 Å². The van der Waals surface area contributed by atoms with Crippen LogP contribution < -0.4 is 5.73 Å². The molecule has 0 radical (unpaired) electrons. The maximum absolute atomic E-state index is 6.03. The first-order valence-corrected chi connectivity index (χ1v) is 5.73. The summed E-state index contributed by atoms with van der Waals surface area (Å²) in [6.45, 7) is 2.55. The van der Waals surface area contributed by atoms with Crippen molar-refractivity contribution >= 4 is 0 Å². The summed E-state index contributed by atoms with van der Waals surface area (Å²) in [6, 6.07) is 0. The topological polar surface area (TPSA) is 38.5 Å². The fourth-order valence-corrected chi connectivity index (χ4v) is 1.60. The molecule has 3 nitrogen and oxygen atoms in total. The zero-order valence-electron chi connectivity index (χ0n) is 10.3. The first-order valence-electron chi connectivity index (χ1n) is 5.73. The van der Waals surface area contributed by atoms with Crippen LogP contribution in [0.1, 0.15) is 12.8 Å². The molecule has 0 heterocycles. The number of rotatable bonds is 5. The van der Waals surface area contributed by atoms with Gasteiger partial charge in [0.05, 0.1) is 6.61 Å². The SMILES string of the molecule is COCCN(C)CC1=C/C=C\CC/C=C\1N. The Balaban J connectivity index is 2.55. The van der Waals surface area contributed by atoms with E-state index in [1.807, 2.05) is 0 Å². The van der Waals surface area contributed by atoms with E-state index in [2.05, 4.69) is 36.3 Å². The van der Waals surface area contributed by atoms with Crippen molar-refractivity contribution in [2.24, 2.45) is 5.73 Å². The molecule has 0 amide bonds. The largest absolute Gasteiger partial charge is 0.399 e. The smallest absolute Gasteiger partial charge is 0.0589 e. The normalized spacial score (nSPS) is 25.2. The van der Waals surface area contributed by atoms with Gasteiger partial charge in [0.25, 0.3) is 0 Å². The van der Waals surface area contributed by atoms with Crippen LogP contribution in [0.4, 0.5) is 0 Å². The maximum atomic E-state index is 6.03. The van der Waals surface area contributed by atoms with Crippen LogP contribution in [-0.2, 0) is 4.74 Å². The fourth-order valence-electron chi connectivity index (χ4n) is 1.60. The van der Waals surface area contributed by atoms with Crippen molar-refractivity contribution in [1.29, 1.82) is 0 Å². The Morgan fingerprint density at radius 2 is 2.25 bits per heavy atom. The van der Waals surface area contributed by atoms with E-state index in [4.69, 9.17) is 10.5 Å². The van der Waals surface area contributed by atoms with Crippen molar-refractivity contribution in [1.82, 2.24) is 4.90 Å². The summed E-state index contributed by atoms with van der Waals surface area (Å²) >= 11 is 0. The van der Waals surface area contributed by atoms with E-state index in [1.54, 1.807) is 7.11 Å². The molecular formula is C13H22N2O. The molecule has 0 aromatic carbocycles. The van der Waals surface area contributed by atoms with Crippen molar-refractivity contribution < 1.29 is 4.74 Å². The molecule has 1 aliphatic rings. The van der Waals surface area contributed by atoms with Gasteiger partial charge in [-0.15, -0.1) is 0 Å². The molecular weight excluding hydrogens is 200 g/mol. The van der Waals surface area contributed by atoms with Crippen molar-refractivity contribution in [2.45, 2.75) is 12.8 Å². The number of hydrogen-bond donors (Lipinski definition) is 1. The van der Waals surface area contributed by atoms with E-state index in [9.17, 15) is 0 Å². The third-order valence-electron chi connectivity index (χ3n) is 2.62. The molecule has 0 atom stereocenters. The Morgan fingerprint density at radius 3 is 3.00 bits per heavy atom. The molecule has 0 aliphatic heterocycles. The second kappa shape index (κ2) is 7.25. The summed E-state index contributed by atoms with van der Waals surface area (Å²) in [6.07, 6.45) is 10.6. The van der Waals surface area contributed by atoms with Crippen LogP contribution in [0.5, 0.6) is 0 Å². The average Bonchev–Trinajstić information content (AvgIpc) is 2.26. The van der Waals surface area contributed by atoms with Crippen molar-refractivity contribution in [3.63, 3.8) is 0 Å². The summed E-state index contributed by atoms with van der Waals surface area (Å²) in [4.78, 5) is 2.21. The van der Waals surface area contributed by atoms with Gasteiger partial charge in [0.2, 0.25) is 0 Å². The number of allylic oxidation sites excluding steroid dienone is 4. The Morgan fingerprint density at radius 1 is 1.44 bits per heavy atom. The van der Waals surface area contributed by atoms with Gasteiger partial charge in [-0.1, -0.05) is 24.3 Å². The van der Waals surface area contributed by atoms with Crippen molar-refractivity contribution in [3.05, 3.63) is 35.6 Å². The van der Waals surface area contributed by atoms with Crippen LogP contribution in [0.3, 0.4) is 0 Å². The molecule has 90 valence electrons. The van der Waals surface area contributed by atoms with Crippen LogP contribution in [0.25, 0.3) is 0 Å². The number of likely N-dealkylation sites (N-methyl/N-ethyl adjacent to an activating group) is 1. The minimum absolute atomic E-state index is 0.753. The van der Waals surface area contributed by atoms with Gasteiger partial charge in [0.15, 0.2) is 0 Å². The summed E-state index contributed by atoms with van der Waals surface area (Å²) in [7, 11) is 3.80. The Bertz CT molecular complexity index is 292. The first-order chi connectivity index (χ1) is 7.74. The van der Waals surface area contributed by atoms with Gasteiger partial charge in [0, 0.05) is 25.9 Å². The lowest BCUT2D eigenvalue weighted by Gasteiger charge is -2.19. The zero-order chi connectivity index (χ0) is 11.8. The maximum Gasteiger partial charge on any atom is 0.0589 e. The molecule has 1 rings (SSSR count). The van der Waals surface area contributed by atoms with Gasteiger partial charge < -0.3 is 10.5 Å². The molecule has 0 saturated heterocycles. The summed E-state index contributed by atoms with van der Waals surface area (Å²) < 4.78 is 5.05. The number of nitrogens with zero attached hydrogens (tertiary/aromatic N) is 1. The molecule has 0 aromatic heterocycles. The highest BCUT2D eigenvalue weighted by Crippen LogP contribution is 2.11. The van der Waals surface area contributed by atoms with E-state index >= 15 is 0 Å². The second-order valence-corrected chi connectivity index (χ2v) is 4.09. The van der Waals surface area contributed by atoms with E-state index in [0.29, 0.717) is 0 Å². The van der Waals surface area contributed by atoms with Crippen LogP contribution >= 0.6 is 0 Å². The summed E-state index contributed by atoms with van der Waals surface area (Å²) in [5, 5.41) is 0. The lowest BCUT2D eigenvalue weighted by molar-refractivity contribution is 0.165. The van der Waals surface area contributed by atoms with Gasteiger partial charge in [-0.05, 0) is 25.5 Å². The van der Waals surface area contributed by atoms with E-state index in [1.165, 1.54) is 5.57 Å². The number of hydrogen-bond acceptors (Lipinski definition) is 3. The minimum Gasteiger partial charge on any atom is -0.399 e. The lowest BCUT2D eigenvalue weighted by Crippen LogP contribution is -2.26. The number of nitrogens with two attached hydrogens (primary N) is 1. The molecule has 16 heavy (non-hydrogen) atoms. The Kier molecular flexibility index (Phi) is 5.90. The van der Waals surface area contributed by atoms with Crippen LogP contribution in [-0.4, -0.2) is 38.8 Å². The third-order valence-corrected chi connectivity index (χ3v) is 2.62. The Hall–Kier alpha value is -1.06. The van der Waals surface area contributed by atoms with Gasteiger partial charge in [0.1, 0.15) is 0 Å². The predicted molar refractivity (Wildman–Crippen MR) is 68.1 cm³/mol. The average molecular weight is 222 g/mol. The van der Waals surface area contributed by atoms with Crippen molar-refractivity contribution in [3.8, 4) is 0 Å². The lowest BCUT2D eigenvalue weighted by atomic mass is 10.1. The highest BCUT2D eigenvalue weighted by atomic mass is 16.5. The molecule has 1 aliphatic carbocycles. The van der Waals surface area contributed by atoms with E-state index < -0.39 is 0 Å². The molecule has 0 fully saturated rings. The standard InChI is InChI=1S/C13H22N2O/c1-15(9-10-16-2)11-12-7-5-3-4-6-8-13(12)14/h3,5,7-8H,4,6,9-11,14H2,1-2H3/b5-3-,12-7-,13-8+. The van der Waals surface area contributed by atoms with Crippen molar-refractivity contribution in [2.75, 3.05) is 33.9 Å². The summed E-state index contributed by atoms with van der Waals surface area (Å²) in [5.41, 5.74) is 8.13. The molecule has 0 saturated carbocycles. The van der Waals surface area contributed by atoms with Crippen LogP contribution in [0.2, 0.25) is 0 Å². The molecule has 0 unspecified atom stereocenters. The molecule has 2 N–H and O–H groups in total. The second-order valence-electron chi connectivity index (χ2n) is 4.09. The number of methoxy groups -OCH3 is 1. The highest BCUT2D eigenvalue weighted by molar-refractivity contribution is 5.33. The molecule has 0 spiro atoms. The minimum atomic E-state index is 0.753. The van der Waals surface area contributed by atoms with Gasteiger partial charge >= 0.3 is 0 Å². The van der Waals surface area contributed by atoms with Crippen LogP contribution in [0, 0.1) is 0 Å². The highest BCUT2D eigenvalue weighted by Gasteiger charge is 2.05. The van der Waals surface area contributed by atoms with Crippen LogP contribution in [0.15, 0.2) is 35.6 Å². The van der Waals surface area contributed by atoms with Gasteiger partial charge in [-0.2, -0.15) is 0 Å². The zero-order valence-corrected chi connectivity index (χ0v) is 10.3. The molecule has 3 heteroatoms. The molecule has 0 bridgehead atoms.